The minimum atomic E-state index is 0.148. The Hall–Kier alpha value is -2.19. The van der Waals surface area contributed by atoms with E-state index in [1.807, 2.05) is 17.0 Å². The number of benzene rings is 1. The van der Waals surface area contributed by atoms with Gasteiger partial charge in [-0.3, -0.25) is 4.79 Å². The molecular formula is C21H25N5OS2. The first-order chi connectivity index (χ1) is 14.3. The van der Waals surface area contributed by atoms with Gasteiger partial charge in [-0.05, 0) is 65.3 Å². The Bertz CT molecular complexity index is 923. The summed E-state index contributed by atoms with van der Waals surface area (Å²) in [6.45, 7) is 3.02. The number of hydrogen-bond donors (Lipinski definition) is 0. The summed E-state index contributed by atoms with van der Waals surface area (Å²) < 4.78 is 1.71. The van der Waals surface area contributed by atoms with Crippen LogP contribution in [-0.4, -0.2) is 43.3 Å². The highest BCUT2D eigenvalue weighted by molar-refractivity contribution is 7.99. The van der Waals surface area contributed by atoms with E-state index in [1.165, 1.54) is 35.0 Å². The second kappa shape index (κ2) is 9.54. The molecule has 3 heterocycles. The van der Waals surface area contributed by atoms with E-state index in [0.29, 0.717) is 10.9 Å². The van der Waals surface area contributed by atoms with Crippen LogP contribution in [0.4, 0.5) is 0 Å². The van der Waals surface area contributed by atoms with Crippen molar-refractivity contribution in [3.8, 4) is 5.69 Å². The van der Waals surface area contributed by atoms with E-state index < -0.39 is 0 Å². The molecule has 2 aromatic heterocycles. The molecule has 0 bridgehead atoms. The number of carbonyl (C=O) groups is 1. The molecule has 1 saturated heterocycles. The monoisotopic (exact) mass is 427 g/mol. The van der Waals surface area contributed by atoms with E-state index in [-0.39, 0.29) is 11.9 Å². The van der Waals surface area contributed by atoms with Crippen molar-refractivity contribution in [1.29, 1.82) is 0 Å². The molecule has 0 N–H and O–H groups in total. The number of nitrogens with zero attached hydrogens (tertiary/aromatic N) is 5. The SMILES string of the molecule is CCCCc1ccc(-n2nnnc2SCC(=O)N2CCCC2c2cccs2)cc1. The first-order valence-corrected chi connectivity index (χ1v) is 12.0. The van der Waals surface area contributed by atoms with Crippen LogP contribution in [0.3, 0.4) is 0 Å². The predicted molar refractivity (Wildman–Crippen MR) is 116 cm³/mol. The summed E-state index contributed by atoms with van der Waals surface area (Å²) >= 11 is 3.13. The maximum Gasteiger partial charge on any atom is 0.233 e. The normalized spacial score (nSPS) is 16.4. The van der Waals surface area contributed by atoms with Gasteiger partial charge in [0.1, 0.15) is 0 Å². The lowest BCUT2D eigenvalue weighted by Gasteiger charge is -2.23. The van der Waals surface area contributed by atoms with Gasteiger partial charge in [-0.2, -0.15) is 4.68 Å². The van der Waals surface area contributed by atoms with Crippen LogP contribution >= 0.6 is 23.1 Å². The standard InChI is InChI=1S/C21H25N5OS2/c1-2-3-6-16-9-11-17(12-10-16)26-21(22-23-24-26)29-15-20(27)25-13-4-7-18(25)19-8-5-14-28-19/h5,8-12,14,18H,2-4,6-7,13,15H2,1H3. The molecule has 6 nitrogen and oxygen atoms in total. The lowest BCUT2D eigenvalue weighted by Crippen LogP contribution is -2.31. The van der Waals surface area contributed by atoms with Crippen LogP contribution in [0.25, 0.3) is 5.69 Å². The maximum absolute atomic E-state index is 12.9. The number of carbonyl (C=O) groups excluding carboxylic acids is 1. The summed E-state index contributed by atoms with van der Waals surface area (Å²) in [5.41, 5.74) is 2.24. The minimum absolute atomic E-state index is 0.148. The van der Waals surface area contributed by atoms with Crippen molar-refractivity contribution in [3.05, 3.63) is 52.2 Å². The van der Waals surface area contributed by atoms with Crippen molar-refractivity contribution in [2.45, 2.75) is 50.2 Å². The topological polar surface area (TPSA) is 63.9 Å². The van der Waals surface area contributed by atoms with Crippen LogP contribution in [0, 0.1) is 0 Å². The molecule has 29 heavy (non-hydrogen) atoms. The number of aromatic nitrogens is 4. The fourth-order valence-corrected chi connectivity index (χ4v) is 5.32. The molecule has 1 fully saturated rings. The highest BCUT2D eigenvalue weighted by atomic mass is 32.2. The van der Waals surface area contributed by atoms with Gasteiger partial charge in [-0.1, -0.05) is 43.3 Å². The third-order valence-electron chi connectivity index (χ3n) is 5.21. The van der Waals surface area contributed by atoms with Crippen LogP contribution in [0.15, 0.2) is 46.9 Å². The molecule has 8 heteroatoms. The van der Waals surface area contributed by atoms with E-state index in [2.05, 4.69) is 52.1 Å². The Morgan fingerprint density at radius 2 is 2.14 bits per heavy atom. The summed E-state index contributed by atoms with van der Waals surface area (Å²) in [4.78, 5) is 16.2. The Morgan fingerprint density at radius 3 is 2.90 bits per heavy atom. The van der Waals surface area contributed by atoms with Crippen LogP contribution in [0.2, 0.25) is 0 Å². The average Bonchev–Trinajstić information content (AvgIpc) is 3.51. The summed E-state index contributed by atoms with van der Waals surface area (Å²) in [5, 5.41) is 14.8. The molecule has 0 spiro atoms. The predicted octanol–water partition coefficient (Wildman–Crippen LogP) is 4.52. The Balaban J connectivity index is 1.40. The second-order valence-electron chi connectivity index (χ2n) is 7.19. The van der Waals surface area contributed by atoms with Gasteiger partial charge in [-0.25, -0.2) is 0 Å². The highest BCUT2D eigenvalue weighted by Gasteiger charge is 2.30. The Morgan fingerprint density at radius 1 is 1.28 bits per heavy atom. The summed E-state index contributed by atoms with van der Waals surface area (Å²) in [7, 11) is 0. The third-order valence-corrected chi connectivity index (χ3v) is 7.09. The number of thiophene rings is 1. The molecule has 1 amide bonds. The van der Waals surface area contributed by atoms with Crippen LogP contribution < -0.4 is 0 Å². The van der Waals surface area contributed by atoms with Gasteiger partial charge in [0.15, 0.2) is 0 Å². The molecule has 0 saturated carbocycles. The molecule has 1 atom stereocenters. The smallest absolute Gasteiger partial charge is 0.233 e. The maximum atomic E-state index is 12.9. The molecule has 0 aliphatic carbocycles. The fraction of sp³-hybridized carbons (Fsp3) is 0.429. The summed E-state index contributed by atoms with van der Waals surface area (Å²) in [6, 6.07) is 12.7. The number of thioether (sulfide) groups is 1. The van der Waals surface area contributed by atoms with Gasteiger partial charge >= 0.3 is 0 Å². The van der Waals surface area contributed by atoms with E-state index in [1.54, 1.807) is 16.0 Å². The Kier molecular flexibility index (Phi) is 6.61. The number of hydrogen-bond acceptors (Lipinski definition) is 6. The van der Waals surface area contributed by atoms with Gasteiger partial charge in [0.2, 0.25) is 11.1 Å². The van der Waals surface area contributed by atoms with E-state index in [9.17, 15) is 4.79 Å². The van der Waals surface area contributed by atoms with Crippen LogP contribution in [0.5, 0.6) is 0 Å². The van der Waals surface area contributed by atoms with E-state index in [0.717, 1.165) is 31.5 Å². The van der Waals surface area contributed by atoms with Crippen molar-refractivity contribution in [1.82, 2.24) is 25.1 Å². The van der Waals surface area contributed by atoms with Gasteiger partial charge in [0.05, 0.1) is 17.5 Å². The first kappa shape index (κ1) is 20.1. The third kappa shape index (κ3) is 4.70. The molecule has 1 aromatic carbocycles. The molecule has 0 radical (unpaired) electrons. The van der Waals surface area contributed by atoms with Crippen LogP contribution in [0.1, 0.15) is 49.1 Å². The molecule has 3 aromatic rings. The van der Waals surface area contributed by atoms with Gasteiger partial charge in [-0.15, -0.1) is 16.4 Å². The van der Waals surface area contributed by atoms with Crippen molar-refractivity contribution in [2.24, 2.45) is 0 Å². The quantitative estimate of drug-likeness (QED) is 0.495. The van der Waals surface area contributed by atoms with Crippen molar-refractivity contribution >= 4 is 29.0 Å². The first-order valence-electron chi connectivity index (χ1n) is 10.1. The van der Waals surface area contributed by atoms with Gasteiger partial charge < -0.3 is 4.90 Å². The highest BCUT2D eigenvalue weighted by Crippen LogP contribution is 2.35. The minimum Gasteiger partial charge on any atom is -0.334 e. The van der Waals surface area contributed by atoms with Gasteiger partial charge in [0, 0.05) is 11.4 Å². The lowest BCUT2D eigenvalue weighted by atomic mass is 10.1. The van der Waals surface area contributed by atoms with Crippen molar-refractivity contribution in [3.63, 3.8) is 0 Å². The molecule has 1 aliphatic rings. The second-order valence-corrected chi connectivity index (χ2v) is 9.11. The molecule has 152 valence electrons. The number of unbranched alkanes of at least 4 members (excludes halogenated alkanes) is 1. The fourth-order valence-electron chi connectivity index (χ4n) is 3.67. The average molecular weight is 428 g/mol. The number of amides is 1. The number of likely N-dealkylation sites (tertiary alicyclic amines) is 1. The number of tetrazole rings is 1. The van der Waals surface area contributed by atoms with Crippen molar-refractivity contribution in [2.75, 3.05) is 12.3 Å². The van der Waals surface area contributed by atoms with Gasteiger partial charge in [0.25, 0.3) is 0 Å². The van der Waals surface area contributed by atoms with E-state index in [4.69, 9.17) is 0 Å². The zero-order chi connectivity index (χ0) is 20.1. The summed E-state index contributed by atoms with van der Waals surface area (Å²) in [6.07, 6.45) is 5.56. The van der Waals surface area contributed by atoms with Crippen molar-refractivity contribution < 1.29 is 4.79 Å². The molecule has 1 aliphatic heterocycles. The zero-order valence-electron chi connectivity index (χ0n) is 16.5. The molecule has 1 unspecified atom stereocenters. The largest absolute Gasteiger partial charge is 0.334 e. The molecule has 4 rings (SSSR count). The number of rotatable bonds is 8. The van der Waals surface area contributed by atoms with Crippen LogP contribution in [-0.2, 0) is 11.2 Å². The molecular weight excluding hydrogens is 402 g/mol. The lowest BCUT2D eigenvalue weighted by molar-refractivity contribution is -0.129. The zero-order valence-corrected chi connectivity index (χ0v) is 18.2. The van der Waals surface area contributed by atoms with E-state index >= 15 is 0 Å². The Labute approximate surface area is 179 Å². The number of aryl methyl sites for hydroxylation is 1. The summed E-state index contributed by atoms with van der Waals surface area (Å²) in [5.74, 6) is 0.493.